The monoisotopic (exact) mass is 313 g/mol. The van der Waals surface area contributed by atoms with E-state index >= 15 is 0 Å². The maximum Gasteiger partial charge on any atom is 0.129 e. The summed E-state index contributed by atoms with van der Waals surface area (Å²) in [5.74, 6) is -1.20. The molecule has 5 heteroatoms. The molecule has 2 rings (SSSR count). The van der Waals surface area contributed by atoms with Gasteiger partial charge in [-0.3, -0.25) is 4.98 Å². The SMILES string of the molecule is OC(Cc1ccc(Br)cn1)c1cc(F)ccc1F. The number of halogens is 3. The molecule has 1 unspecified atom stereocenters. The summed E-state index contributed by atoms with van der Waals surface area (Å²) < 4.78 is 27.2. The maximum absolute atomic E-state index is 13.4. The van der Waals surface area contributed by atoms with Crippen LogP contribution in [-0.4, -0.2) is 10.1 Å². The summed E-state index contributed by atoms with van der Waals surface area (Å²) in [4.78, 5) is 4.07. The fourth-order valence-electron chi connectivity index (χ4n) is 1.61. The summed E-state index contributed by atoms with van der Waals surface area (Å²) >= 11 is 3.24. The highest BCUT2D eigenvalue weighted by atomic mass is 79.9. The molecule has 0 radical (unpaired) electrons. The average Bonchev–Trinajstić information content (AvgIpc) is 2.35. The van der Waals surface area contributed by atoms with Gasteiger partial charge in [0.15, 0.2) is 0 Å². The van der Waals surface area contributed by atoms with Crippen molar-refractivity contribution in [2.24, 2.45) is 0 Å². The van der Waals surface area contributed by atoms with Crippen molar-refractivity contribution in [2.45, 2.75) is 12.5 Å². The summed E-state index contributed by atoms with van der Waals surface area (Å²) in [5.41, 5.74) is 0.550. The molecule has 2 nitrogen and oxygen atoms in total. The van der Waals surface area contributed by atoms with Crippen molar-refractivity contribution in [2.75, 3.05) is 0 Å². The van der Waals surface area contributed by atoms with E-state index in [4.69, 9.17) is 0 Å². The lowest BCUT2D eigenvalue weighted by atomic mass is 10.0. The van der Waals surface area contributed by atoms with Crippen LogP contribution in [0.3, 0.4) is 0 Å². The standard InChI is InChI=1S/C13H10BrF2NO/c14-8-1-3-10(17-7-8)6-13(18)11-5-9(15)2-4-12(11)16/h1-5,7,13,18H,6H2. The highest BCUT2D eigenvalue weighted by Gasteiger charge is 2.15. The molecule has 1 aromatic carbocycles. The van der Waals surface area contributed by atoms with E-state index in [1.54, 1.807) is 18.3 Å². The highest BCUT2D eigenvalue weighted by Crippen LogP contribution is 2.21. The van der Waals surface area contributed by atoms with Gasteiger partial charge >= 0.3 is 0 Å². The molecule has 1 N–H and O–H groups in total. The van der Waals surface area contributed by atoms with Crippen molar-refractivity contribution < 1.29 is 13.9 Å². The third-order valence-electron chi connectivity index (χ3n) is 2.51. The fourth-order valence-corrected chi connectivity index (χ4v) is 1.84. The first-order valence-corrected chi connectivity index (χ1v) is 6.09. The van der Waals surface area contributed by atoms with Crippen molar-refractivity contribution in [1.29, 1.82) is 0 Å². The Morgan fingerprint density at radius 3 is 2.67 bits per heavy atom. The van der Waals surface area contributed by atoms with Crippen LogP contribution in [0, 0.1) is 11.6 Å². The number of aliphatic hydroxyl groups excluding tert-OH is 1. The lowest BCUT2D eigenvalue weighted by Gasteiger charge is -2.11. The quantitative estimate of drug-likeness (QED) is 0.942. The Bertz CT molecular complexity index is 545. The molecule has 18 heavy (non-hydrogen) atoms. The predicted molar refractivity (Wildman–Crippen MR) is 67.0 cm³/mol. The molecule has 0 aliphatic rings. The van der Waals surface area contributed by atoms with Gasteiger partial charge in [-0.2, -0.15) is 0 Å². The normalized spacial score (nSPS) is 12.4. The van der Waals surface area contributed by atoms with Crippen LogP contribution in [0.5, 0.6) is 0 Å². The highest BCUT2D eigenvalue weighted by molar-refractivity contribution is 9.10. The number of hydrogen-bond donors (Lipinski definition) is 1. The zero-order chi connectivity index (χ0) is 13.1. The molecular formula is C13H10BrF2NO. The molecule has 2 aromatic rings. The number of aromatic nitrogens is 1. The third kappa shape index (κ3) is 3.11. The van der Waals surface area contributed by atoms with Crippen molar-refractivity contribution in [3.63, 3.8) is 0 Å². The van der Waals surface area contributed by atoms with Gasteiger partial charge in [-0.25, -0.2) is 8.78 Å². The van der Waals surface area contributed by atoms with Crippen molar-refractivity contribution in [3.8, 4) is 0 Å². The van der Waals surface area contributed by atoms with Gasteiger partial charge in [0.25, 0.3) is 0 Å². The average molecular weight is 314 g/mol. The van der Waals surface area contributed by atoms with E-state index in [-0.39, 0.29) is 12.0 Å². The van der Waals surface area contributed by atoms with Gasteiger partial charge in [-0.05, 0) is 46.3 Å². The Kier molecular flexibility index (Phi) is 4.04. The van der Waals surface area contributed by atoms with E-state index in [0.29, 0.717) is 5.69 Å². The van der Waals surface area contributed by atoms with Crippen LogP contribution in [0.2, 0.25) is 0 Å². The first-order valence-electron chi connectivity index (χ1n) is 5.29. The minimum atomic E-state index is -1.12. The number of nitrogens with zero attached hydrogens (tertiary/aromatic N) is 1. The second-order valence-electron chi connectivity index (χ2n) is 3.85. The van der Waals surface area contributed by atoms with E-state index in [1.807, 2.05) is 0 Å². The molecule has 0 aliphatic heterocycles. The molecule has 0 saturated heterocycles. The molecule has 0 saturated carbocycles. The van der Waals surface area contributed by atoms with E-state index in [9.17, 15) is 13.9 Å². The largest absolute Gasteiger partial charge is 0.388 e. The Morgan fingerprint density at radius 1 is 1.22 bits per heavy atom. The summed E-state index contributed by atoms with van der Waals surface area (Å²) in [5, 5.41) is 9.89. The van der Waals surface area contributed by atoms with Gasteiger partial charge < -0.3 is 5.11 Å². The van der Waals surface area contributed by atoms with Crippen LogP contribution in [0.25, 0.3) is 0 Å². The van der Waals surface area contributed by atoms with Crippen LogP contribution in [0.1, 0.15) is 17.4 Å². The van der Waals surface area contributed by atoms with E-state index in [2.05, 4.69) is 20.9 Å². The van der Waals surface area contributed by atoms with Gasteiger partial charge in [-0.15, -0.1) is 0 Å². The molecule has 0 fully saturated rings. The Balaban J connectivity index is 2.18. The zero-order valence-corrected chi connectivity index (χ0v) is 10.9. The molecule has 0 amide bonds. The zero-order valence-electron chi connectivity index (χ0n) is 9.28. The molecule has 0 bridgehead atoms. The van der Waals surface area contributed by atoms with E-state index in [1.165, 1.54) is 0 Å². The first-order chi connectivity index (χ1) is 8.56. The molecule has 1 atom stereocenters. The van der Waals surface area contributed by atoms with Gasteiger partial charge in [0, 0.05) is 28.3 Å². The predicted octanol–water partition coefficient (Wildman–Crippen LogP) is 3.40. The summed E-state index contributed by atoms with van der Waals surface area (Å²) in [7, 11) is 0. The fraction of sp³-hybridized carbons (Fsp3) is 0.154. The summed E-state index contributed by atoms with van der Waals surface area (Å²) in [6.07, 6.45) is 0.604. The van der Waals surface area contributed by atoms with Crippen LogP contribution in [0.4, 0.5) is 8.78 Å². The van der Waals surface area contributed by atoms with Gasteiger partial charge in [-0.1, -0.05) is 0 Å². The number of hydrogen-bond acceptors (Lipinski definition) is 2. The minimum Gasteiger partial charge on any atom is -0.388 e. The van der Waals surface area contributed by atoms with Crippen molar-refractivity contribution >= 4 is 15.9 Å². The minimum absolute atomic E-state index is 0.0558. The van der Waals surface area contributed by atoms with Crippen LogP contribution < -0.4 is 0 Å². The molecule has 1 aromatic heterocycles. The third-order valence-corrected chi connectivity index (χ3v) is 2.98. The first kappa shape index (κ1) is 13.1. The van der Waals surface area contributed by atoms with Crippen molar-refractivity contribution in [1.82, 2.24) is 4.98 Å². The van der Waals surface area contributed by atoms with Gasteiger partial charge in [0.1, 0.15) is 11.6 Å². The molecule has 1 heterocycles. The topological polar surface area (TPSA) is 33.1 Å². The van der Waals surface area contributed by atoms with Crippen LogP contribution in [-0.2, 0) is 6.42 Å². The lowest BCUT2D eigenvalue weighted by molar-refractivity contribution is 0.172. The van der Waals surface area contributed by atoms with E-state index < -0.39 is 17.7 Å². The smallest absolute Gasteiger partial charge is 0.129 e. The second-order valence-corrected chi connectivity index (χ2v) is 4.77. The maximum atomic E-state index is 13.4. The molecule has 0 aliphatic carbocycles. The van der Waals surface area contributed by atoms with E-state index in [0.717, 1.165) is 22.7 Å². The van der Waals surface area contributed by atoms with Gasteiger partial charge in [0.2, 0.25) is 0 Å². The molecule has 0 spiro atoms. The lowest BCUT2D eigenvalue weighted by Crippen LogP contribution is -2.06. The second kappa shape index (κ2) is 5.54. The number of benzene rings is 1. The van der Waals surface area contributed by atoms with Crippen molar-refractivity contribution in [3.05, 3.63) is 63.9 Å². The summed E-state index contributed by atoms with van der Waals surface area (Å²) in [6, 6.07) is 6.51. The number of aliphatic hydroxyl groups is 1. The number of pyridine rings is 1. The Labute approximate surface area is 111 Å². The molecular weight excluding hydrogens is 304 g/mol. The Hall–Kier alpha value is -1.33. The number of rotatable bonds is 3. The summed E-state index contributed by atoms with van der Waals surface area (Å²) in [6.45, 7) is 0. The molecule has 94 valence electrons. The Morgan fingerprint density at radius 2 is 2.00 bits per heavy atom. The van der Waals surface area contributed by atoms with Gasteiger partial charge in [0.05, 0.1) is 6.10 Å². The van der Waals surface area contributed by atoms with Crippen LogP contribution in [0.15, 0.2) is 41.0 Å². The van der Waals surface area contributed by atoms with Crippen LogP contribution >= 0.6 is 15.9 Å².